The fraction of sp³-hybridized carbons (Fsp3) is 0.429. The Hall–Kier alpha value is -0.840. The second kappa shape index (κ2) is 3.71. The van der Waals surface area contributed by atoms with Crippen molar-refractivity contribution in [2.24, 2.45) is 7.05 Å². The standard InChI is InChI=1S/C7H10BrN3O/c1-3-9-7-10-4-5(8)6(12)11(7)2/h4H,3H2,1-2H3,(H,9,10). The van der Waals surface area contributed by atoms with Crippen LogP contribution in [0.3, 0.4) is 0 Å². The third kappa shape index (κ3) is 1.66. The summed E-state index contributed by atoms with van der Waals surface area (Å²) in [5.41, 5.74) is -0.0825. The van der Waals surface area contributed by atoms with Crippen LogP contribution >= 0.6 is 15.9 Å². The summed E-state index contributed by atoms with van der Waals surface area (Å²) in [6, 6.07) is 0. The van der Waals surface area contributed by atoms with Crippen LogP contribution in [-0.4, -0.2) is 16.1 Å². The largest absolute Gasteiger partial charge is 0.356 e. The van der Waals surface area contributed by atoms with Gasteiger partial charge in [-0.1, -0.05) is 0 Å². The fourth-order valence-corrected chi connectivity index (χ4v) is 1.21. The summed E-state index contributed by atoms with van der Waals surface area (Å²) < 4.78 is 1.94. The zero-order chi connectivity index (χ0) is 9.14. The van der Waals surface area contributed by atoms with Gasteiger partial charge >= 0.3 is 0 Å². The topological polar surface area (TPSA) is 46.9 Å². The minimum absolute atomic E-state index is 0.0825. The first-order valence-corrected chi connectivity index (χ1v) is 4.41. The zero-order valence-corrected chi connectivity index (χ0v) is 8.55. The average Bonchev–Trinajstić information content (AvgIpc) is 2.07. The van der Waals surface area contributed by atoms with Crippen LogP contribution in [0.2, 0.25) is 0 Å². The molecular weight excluding hydrogens is 222 g/mol. The van der Waals surface area contributed by atoms with Gasteiger partial charge in [-0.15, -0.1) is 0 Å². The molecule has 0 aliphatic carbocycles. The van der Waals surface area contributed by atoms with Gasteiger partial charge in [-0.05, 0) is 22.9 Å². The van der Waals surface area contributed by atoms with Crippen molar-refractivity contribution in [1.82, 2.24) is 9.55 Å². The summed E-state index contributed by atoms with van der Waals surface area (Å²) in [5.74, 6) is 0.589. The molecule has 0 aliphatic rings. The van der Waals surface area contributed by atoms with Crippen molar-refractivity contribution in [2.75, 3.05) is 11.9 Å². The lowest BCUT2D eigenvalue weighted by Crippen LogP contribution is -2.22. The molecule has 1 N–H and O–H groups in total. The predicted molar refractivity (Wildman–Crippen MR) is 51.3 cm³/mol. The van der Waals surface area contributed by atoms with E-state index in [1.807, 2.05) is 6.92 Å². The number of rotatable bonds is 2. The van der Waals surface area contributed by atoms with E-state index >= 15 is 0 Å². The lowest BCUT2D eigenvalue weighted by atomic mass is 10.6. The molecule has 0 radical (unpaired) electrons. The third-order valence-corrected chi connectivity index (χ3v) is 2.01. The van der Waals surface area contributed by atoms with Gasteiger partial charge in [0.25, 0.3) is 5.56 Å². The highest BCUT2D eigenvalue weighted by Gasteiger charge is 2.02. The Morgan fingerprint density at radius 1 is 1.75 bits per heavy atom. The molecule has 66 valence electrons. The summed E-state index contributed by atoms with van der Waals surface area (Å²) >= 11 is 3.11. The summed E-state index contributed by atoms with van der Waals surface area (Å²) in [7, 11) is 1.68. The molecule has 0 saturated carbocycles. The smallest absolute Gasteiger partial charge is 0.268 e. The van der Waals surface area contributed by atoms with Crippen molar-refractivity contribution < 1.29 is 0 Å². The van der Waals surface area contributed by atoms with E-state index < -0.39 is 0 Å². The number of hydrogen-bond acceptors (Lipinski definition) is 3. The number of anilines is 1. The molecule has 0 amide bonds. The maximum atomic E-state index is 11.3. The highest BCUT2D eigenvalue weighted by atomic mass is 79.9. The predicted octanol–water partition coefficient (Wildman–Crippen LogP) is 0.975. The van der Waals surface area contributed by atoms with Crippen molar-refractivity contribution >= 4 is 21.9 Å². The number of hydrogen-bond donors (Lipinski definition) is 1. The second-order valence-electron chi connectivity index (χ2n) is 2.32. The van der Waals surface area contributed by atoms with Crippen molar-refractivity contribution in [3.8, 4) is 0 Å². The minimum atomic E-state index is -0.0825. The summed E-state index contributed by atoms with van der Waals surface area (Å²) in [5, 5.41) is 2.97. The second-order valence-corrected chi connectivity index (χ2v) is 3.18. The van der Waals surface area contributed by atoms with Gasteiger partial charge in [0.2, 0.25) is 5.95 Å². The van der Waals surface area contributed by atoms with E-state index in [4.69, 9.17) is 0 Å². The normalized spacial score (nSPS) is 9.92. The van der Waals surface area contributed by atoms with Gasteiger partial charge in [-0.2, -0.15) is 0 Å². The highest BCUT2D eigenvalue weighted by molar-refractivity contribution is 9.10. The lowest BCUT2D eigenvalue weighted by molar-refractivity contribution is 0.819. The van der Waals surface area contributed by atoms with Gasteiger partial charge in [0.1, 0.15) is 4.47 Å². The highest BCUT2D eigenvalue weighted by Crippen LogP contribution is 2.03. The van der Waals surface area contributed by atoms with Gasteiger partial charge < -0.3 is 5.32 Å². The fourth-order valence-electron chi connectivity index (χ4n) is 0.838. The molecule has 0 saturated heterocycles. The third-order valence-electron chi connectivity index (χ3n) is 1.46. The Labute approximate surface area is 78.8 Å². The van der Waals surface area contributed by atoms with E-state index in [0.29, 0.717) is 10.4 Å². The first-order chi connectivity index (χ1) is 5.66. The first kappa shape index (κ1) is 9.25. The molecule has 1 heterocycles. The summed E-state index contributed by atoms with van der Waals surface area (Å²) in [6.45, 7) is 2.70. The van der Waals surface area contributed by atoms with E-state index in [-0.39, 0.29) is 5.56 Å². The minimum Gasteiger partial charge on any atom is -0.356 e. The van der Waals surface area contributed by atoms with Crippen LogP contribution in [0, 0.1) is 0 Å². The van der Waals surface area contributed by atoms with Gasteiger partial charge in [0.15, 0.2) is 0 Å². The maximum Gasteiger partial charge on any atom is 0.268 e. The number of halogens is 1. The van der Waals surface area contributed by atoms with Gasteiger partial charge in [-0.3, -0.25) is 9.36 Å². The van der Waals surface area contributed by atoms with Gasteiger partial charge in [-0.25, -0.2) is 4.98 Å². The average molecular weight is 232 g/mol. The Morgan fingerprint density at radius 3 is 3.00 bits per heavy atom. The number of nitrogens with one attached hydrogen (secondary N) is 1. The Morgan fingerprint density at radius 2 is 2.42 bits per heavy atom. The zero-order valence-electron chi connectivity index (χ0n) is 6.97. The van der Waals surface area contributed by atoms with Crippen LogP contribution < -0.4 is 10.9 Å². The summed E-state index contributed by atoms with van der Waals surface area (Å²) in [4.78, 5) is 15.3. The monoisotopic (exact) mass is 231 g/mol. The first-order valence-electron chi connectivity index (χ1n) is 3.62. The van der Waals surface area contributed by atoms with Crippen molar-refractivity contribution in [2.45, 2.75) is 6.92 Å². The Balaban J connectivity index is 3.18. The molecule has 0 aromatic carbocycles. The van der Waals surface area contributed by atoms with E-state index in [0.717, 1.165) is 6.54 Å². The number of nitrogens with zero attached hydrogens (tertiary/aromatic N) is 2. The van der Waals surface area contributed by atoms with Crippen LogP contribution in [-0.2, 0) is 7.05 Å². The molecule has 1 aromatic rings. The molecule has 5 heteroatoms. The van der Waals surface area contributed by atoms with Crippen molar-refractivity contribution in [3.63, 3.8) is 0 Å². The molecule has 1 aromatic heterocycles. The van der Waals surface area contributed by atoms with E-state index in [1.54, 1.807) is 7.05 Å². The van der Waals surface area contributed by atoms with Gasteiger partial charge in [0.05, 0.1) is 6.20 Å². The van der Waals surface area contributed by atoms with Crippen LogP contribution in [0.15, 0.2) is 15.5 Å². The van der Waals surface area contributed by atoms with Crippen LogP contribution in [0.25, 0.3) is 0 Å². The van der Waals surface area contributed by atoms with Crippen LogP contribution in [0.5, 0.6) is 0 Å². The molecule has 0 unspecified atom stereocenters. The summed E-state index contributed by atoms with van der Waals surface area (Å²) in [6.07, 6.45) is 1.50. The molecule has 0 atom stereocenters. The lowest BCUT2D eigenvalue weighted by Gasteiger charge is -2.06. The molecule has 12 heavy (non-hydrogen) atoms. The van der Waals surface area contributed by atoms with E-state index in [9.17, 15) is 4.79 Å². The molecule has 4 nitrogen and oxygen atoms in total. The molecule has 0 spiro atoms. The molecule has 0 aliphatic heterocycles. The van der Waals surface area contributed by atoms with E-state index in [1.165, 1.54) is 10.8 Å². The Bertz CT molecular complexity index is 334. The molecule has 0 bridgehead atoms. The molecule has 0 fully saturated rings. The van der Waals surface area contributed by atoms with Crippen molar-refractivity contribution in [3.05, 3.63) is 21.0 Å². The quantitative estimate of drug-likeness (QED) is 0.826. The molecular formula is C7H10BrN3O. The van der Waals surface area contributed by atoms with Crippen LogP contribution in [0.1, 0.15) is 6.92 Å². The van der Waals surface area contributed by atoms with Crippen LogP contribution in [0.4, 0.5) is 5.95 Å². The van der Waals surface area contributed by atoms with Gasteiger partial charge in [0, 0.05) is 13.6 Å². The van der Waals surface area contributed by atoms with E-state index in [2.05, 4.69) is 26.2 Å². The maximum absolute atomic E-state index is 11.3. The number of aromatic nitrogens is 2. The SMILES string of the molecule is CCNc1ncc(Br)c(=O)n1C. The molecule has 1 rings (SSSR count). The Kier molecular flexibility index (Phi) is 2.86. The van der Waals surface area contributed by atoms with Crippen molar-refractivity contribution in [1.29, 1.82) is 0 Å².